The second-order valence-corrected chi connectivity index (χ2v) is 2.41. The van der Waals surface area contributed by atoms with Gasteiger partial charge in [0.05, 0.1) is 6.21 Å². The summed E-state index contributed by atoms with van der Waals surface area (Å²) in [6.07, 6.45) is 1.26. The van der Waals surface area contributed by atoms with Crippen molar-refractivity contribution >= 4 is 12.2 Å². The molecule has 0 fully saturated rings. The highest BCUT2D eigenvalue weighted by atomic mass is 16.5. The average Bonchev–Trinajstić information content (AvgIpc) is 2.04. The van der Waals surface area contributed by atoms with Crippen LogP contribution in [0.25, 0.3) is 0 Å². The second kappa shape index (κ2) is 4.25. The smallest absolute Gasteiger partial charge is 0.308 e. The highest BCUT2D eigenvalue weighted by Crippen LogP contribution is 2.11. The largest absolute Gasteiger partial charge is 0.427 e. The third kappa shape index (κ3) is 2.94. The van der Waals surface area contributed by atoms with Gasteiger partial charge in [-0.25, -0.2) is 0 Å². The summed E-state index contributed by atoms with van der Waals surface area (Å²) in [6, 6.07) is 6.68. The Labute approximate surface area is 75.4 Å². The number of carbonyl (C=O) groups is 1. The van der Waals surface area contributed by atoms with E-state index in [2.05, 4.69) is 5.16 Å². The summed E-state index contributed by atoms with van der Waals surface area (Å²) < 4.78 is 4.82. The van der Waals surface area contributed by atoms with Crippen LogP contribution in [0.4, 0.5) is 0 Å². The molecule has 4 nitrogen and oxygen atoms in total. The van der Waals surface area contributed by atoms with Gasteiger partial charge in [0.15, 0.2) is 0 Å². The van der Waals surface area contributed by atoms with Gasteiger partial charge in [-0.15, -0.1) is 0 Å². The lowest BCUT2D eigenvalue weighted by Gasteiger charge is -2.00. The number of carbonyl (C=O) groups excluding carboxylic acids is 1. The van der Waals surface area contributed by atoms with Gasteiger partial charge >= 0.3 is 5.97 Å². The molecule has 68 valence electrons. The summed E-state index contributed by atoms with van der Waals surface area (Å²) in [5.41, 5.74) is 0.668. The van der Waals surface area contributed by atoms with Crippen molar-refractivity contribution in [2.45, 2.75) is 6.92 Å². The zero-order valence-corrected chi connectivity index (χ0v) is 7.10. The summed E-state index contributed by atoms with van der Waals surface area (Å²) in [6.45, 7) is 1.33. The first kappa shape index (κ1) is 9.25. The molecule has 0 aliphatic carbocycles. The Bertz CT molecular complexity index is 333. The van der Waals surface area contributed by atoms with Crippen LogP contribution in [0.2, 0.25) is 0 Å². The SMILES string of the molecule is CC(=O)Oc1cccc(C=NO)c1. The molecule has 1 aromatic rings. The fourth-order valence-corrected chi connectivity index (χ4v) is 0.891. The van der Waals surface area contributed by atoms with E-state index in [0.29, 0.717) is 11.3 Å². The summed E-state index contributed by atoms with van der Waals surface area (Å²) >= 11 is 0. The molecule has 0 amide bonds. The van der Waals surface area contributed by atoms with Gasteiger partial charge in [0.1, 0.15) is 5.75 Å². The lowest BCUT2D eigenvalue weighted by atomic mass is 10.2. The van der Waals surface area contributed by atoms with Crippen LogP contribution >= 0.6 is 0 Å². The van der Waals surface area contributed by atoms with Crippen molar-refractivity contribution in [3.63, 3.8) is 0 Å². The van der Waals surface area contributed by atoms with Crippen molar-refractivity contribution in [3.05, 3.63) is 29.8 Å². The van der Waals surface area contributed by atoms with Crippen LogP contribution in [0, 0.1) is 0 Å². The van der Waals surface area contributed by atoms with E-state index in [4.69, 9.17) is 9.94 Å². The van der Waals surface area contributed by atoms with E-state index in [9.17, 15) is 4.79 Å². The Morgan fingerprint density at radius 3 is 3.00 bits per heavy atom. The van der Waals surface area contributed by atoms with Crippen LogP contribution in [-0.4, -0.2) is 17.4 Å². The van der Waals surface area contributed by atoms with Crippen LogP contribution in [0.3, 0.4) is 0 Å². The molecule has 0 bridgehead atoms. The first-order valence-corrected chi connectivity index (χ1v) is 3.68. The summed E-state index contributed by atoms with van der Waals surface area (Å²) in [4.78, 5) is 10.6. The molecule has 0 aliphatic rings. The monoisotopic (exact) mass is 179 g/mol. The van der Waals surface area contributed by atoms with E-state index in [1.54, 1.807) is 24.3 Å². The molecule has 0 aliphatic heterocycles. The van der Waals surface area contributed by atoms with Crippen molar-refractivity contribution in [3.8, 4) is 5.75 Å². The first-order chi connectivity index (χ1) is 6.22. The second-order valence-electron chi connectivity index (χ2n) is 2.41. The van der Waals surface area contributed by atoms with Crippen LogP contribution in [0.15, 0.2) is 29.4 Å². The third-order valence-electron chi connectivity index (χ3n) is 1.33. The van der Waals surface area contributed by atoms with Crippen molar-refractivity contribution in [1.29, 1.82) is 0 Å². The Hall–Kier alpha value is -1.84. The molecule has 1 rings (SSSR count). The van der Waals surface area contributed by atoms with E-state index < -0.39 is 0 Å². The minimum atomic E-state index is -0.377. The Balaban J connectivity index is 2.85. The summed E-state index contributed by atoms with van der Waals surface area (Å²) in [5, 5.41) is 11.1. The maximum Gasteiger partial charge on any atom is 0.308 e. The molecule has 1 aromatic carbocycles. The molecule has 1 N–H and O–H groups in total. The van der Waals surface area contributed by atoms with Gasteiger partial charge in [-0.05, 0) is 17.7 Å². The van der Waals surface area contributed by atoms with Crippen molar-refractivity contribution in [2.75, 3.05) is 0 Å². The molecular formula is C9H9NO3. The highest BCUT2D eigenvalue weighted by Gasteiger charge is 1.97. The Kier molecular flexibility index (Phi) is 3.03. The maximum atomic E-state index is 10.6. The number of ether oxygens (including phenoxy) is 1. The van der Waals surface area contributed by atoms with Crippen LogP contribution in [0.1, 0.15) is 12.5 Å². The van der Waals surface area contributed by atoms with Gasteiger partial charge in [0.2, 0.25) is 0 Å². The van der Waals surface area contributed by atoms with Gasteiger partial charge in [-0.1, -0.05) is 17.3 Å². The Morgan fingerprint density at radius 2 is 2.38 bits per heavy atom. The number of rotatable bonds is 2. The standard InChI is InChI=1S/C9H9NO3/c1-7(11)13-9-4-2-3-8(5-9)6-10-12/h2-6,12H,1H3. The summed E-state index contributed by atoms with van der Waals surface area (Å²) in [5.74, 6) is 0.0583. The maximum absolute atomic E-state index is 10.6. The number of nitrogens with zero attached hydrogens (tertiary/aromatic N) is 1. The summed E-state index contributed by atoms with van der Waals surface area (Å²) in [7, 11) is 0. The van der Waals surface area contributed by atoms with Crippen LogP contribution in [-0.2, 0) is 4.79 Å². The predicted molar refractivity (Wildman–Crippen MR) is 47.1 cm³/mol. The molecule has 0 saturated carbocycles. The van der Waals surface area contributed by atoms with Gasteiger partial charge in [-0.3, -0.25) is 4.79 Å². The minimum Gasteiger partial charge on any atom is -0.427 e. The minimum absolute atomic E-state index is 0.377. The average molecular weight is 179 g/mol. The van der Waals surface area contributed by atoms with Crippen molar-refractivity contribution < 1.29 is 14.7 Å². The van der Waals surface area contributed by atoms with Crippen LogP contribution in [0.5, 0.6) is 5.75 Å². The number of benzene rings is 1. The van der Waals surface area contributed by atoms with Gasteiger partial charge in [0, 0.05) is 6.92 Å². The number of oxime groups is 1. The van der Waals surface area contributed by atoms with Gasteiger partial charge in [0.25, 0.3) is 0 Å². The molecule has 0 unspecified atom stereocenters. The lowest BCUT2D eigenvalue weighted by Crippen LogP contribution is -2.01. The fourth-order valence-electron chi connectivity index (χ4n) is 0.891. The lowest BCUT2D eigenvalue weighted by molar-refractivity contribution is -0.131. The van der Waals surface area contributed by atoms with E-state index in [1.165, 1.54) is 13.1 Å². The van der Waals surface area contributed by atoms with E-state index in [1.807, 2.05) is 0 Å². The third-order valence-corrected chi connectivity index (χ3v) is 1.33. The molecule has 0 radical (unpaired) electrons. The molecular weight excluding hydrogens is 170 g/mol. The molecule has 4 heteroatoms. The molecule has 0 heterocycles. The van der Waals surface area contributed by atoms with Crippen molar-refractivity contribution in [2.24, 2.45) is 5.16 Å². The van der Waals surface area contributed by atoms with Gasteiger partial charge in [-0.2, -0.15) is 0 Å². The quantitative estimate of drug-likeness (QED) is 0.245. The zero-order chi connectivity index (χ0) is 9.68. The molecule has 0 saturated heterocycles. The van der Waals surface area contributed by atoms with Crippen LogP contribution < -0.4 is 4.74 Å². The first-order valence-electron chi connectivity index (χ1n) is 3.68. The number of hydrogen-bond donors (Lipinski definition) is 1. The number of esters is 1. The van der Waals surface area contributed by atoms with E-state index in [0.717, 1.165) is 0 Å². The fraction of sp³-hybridized carbons (Fsp3) is 0.111. The molecule has 0 atom stereocenters. The normalized spacial score (nSPS) is 10.2. The molecule has 0 aromatic heterocycles. The highest BCUT2D eigenvalue weighted by molar-refractivity contribution is 5.80. The zero-order valence-electron chi connectivity index (χ0n) is 7.10. The Morgan fingerprint density at radius 1 is 1.62 bits per heavy atom. The van der Waals surface area contributed by atoms with E-state index in [-0.39, 0.29) is 5.97 Å². The van der Waals surface area contributed by atoms with Gasteiger partial charge < -0.3 is 9.94 Å². The predicted octanol–water partition coefficient (Wildman–Crippen LogP) is 1.42. The molecule has 13 heavy (non-hydrogen) atoms. The molecule has 0 spiro atoms. The van der Waals surface area contributed by atoms with Crippen molar-refractivity contribution in [1.82, 2.24) is 0 Å². The van der Waals surface area contributed by atoms with E-state index >= 15 is 0 Å². The number of hydrogen-bond acceptors (Lipinski definition) is 4. The topological polar surface area (TPSA) is 58.9 Å².